The van der Waals surface area contributed by atoms with Gasteiger partial charge in [0.05, 0.1) is 18.1 Å². The van der Waals surface area contributed by atoms with Gasteiger partial charge in [0.15, 0.2) is 0 Å². The molecule has 2 aliphatic rings. The van der Waals surface area contributed by atoms with Crippen molar-refractivity contribution in [3.05, 3.63) is 71.8 Å². The van der Waals surface area contributed by atoms with Crippen LogP contribution in [0.25, 0.3) is 0 Å². The van der Waals surface area contributed by atoms with Crippen LogP contribution in [-0.4, -0.2) is 46.4 Å². The van der Waals surface area contributed by atoms with E-state index in [4.69, 9.17) is 4.74 Å². The fourth-order valence-corrected chi connectivity index (χ4v) is 7.31. The molecule has 8 nitrogen and oxygen atoms in total. The van der Waals surface area contributed by atoms with E-state index in [0.717, 1.165) is 24.0 Å². The van der Waals surface area contributed by atoms with E-state index in [9.17, 15) is 24.6 Å². The van der Waals surface area contributed by atoms with E-state index in [-0.39, 0.29) is 23.9 Å². The first-order chi connectivity index (χ1) is 19.4. The average molecular weight is 565 g/mol. The maximum atomic E-state index is 13.6. The molecule has 2 bridgehead atoms. The summed E-state index contributed by atoms with van der Waals surface area (Å²) in [5.41, 5.74) is 1.76. The first-order valence-electron chi connectivity index (χ1n) is 14.6. The molecule has 4 N–H and O–H groups in total. The lowest BCUT2D eigenvalue weighted by Gasteiger charge is -2.44. The van der Waals surface area contributed by atoms with Gasteiger partial charge in [0.1, 0.15) is 12.6 Å². The van der Waals surface area contributed by atoms with Gasteiger partial charge >= 0.3 is 12.1 Å². The molecule has 2 aromatic rings. The van der Waals surface area contributed by atoms with Gasteiger partial charge in [-0.2, -0.15) is 0 Å². The van der Waals surface area contributed by atoms with Crippen molar-refractivity contribution in [3.8, 4) is 0 Å². The zero-order chi connectivity index (χ0) is 29.8. The minimum absolute atomic E-state index is 0.0243. The summed E-state index contributed by atoms with van der Waals surface area (Å²) >= 11 is 0. The van der Waals surface area contributed by atoms with Crippen LogP contribution >= 0.6 is 0 Å². The van der Waals surface area contributed by atoms with E-state index in [2.05, 4.69) is 31.4 Å². The quantitative estimate of drug-likeness (QED) is 0.289. The van der Waals surface area contributed by atoms with Crippen LogP contribution in [0.5, 0.6) is 0 Å². The summed E-state index contributed by atoms with van der Waals surface area (Å²) in [7, 11) is 0. The highest BCUT2D eigenvalue weighted by molar-refractivity contribution is 5.90. The number of carboxylic acid groups (broad SMARTS) is 1. The van der Waals surface area contributed by atoms with Crippen LogP contribution in [-0.2, 0) is 27.4 Å². The number of amides is 2. The molecule has 8 heteroatoms. The van der Waals surface area contributed by atoms with Crippen molar-refractivity contribution in [2.45, 2.75) is 84.6 Å². The van der Waals surface area contributed by atoms with E-state index in [1.807, 2.05) is 24.3 Å². The number of hydrogen-bond acceptors (Lipinski definition) is 5. The summed E-state index contributed by atoms with van der Waals surface area (Å²) in [4.78, 5) is 38.8. The minimum atomic E-state index is -1.41. The molecule has 41 heavy (non-hydrogen) atoms. The second kappa shape index (κ2) is 12.6. The topological polar surface area (TPSA) is 125 Å². The summed E-state index contributed by atoms with van der Waals surface area (Å²) in [6.45, 7) is 8.58. The van der Waals surface area contributed by atoms with Crippen molar-refractivity contribution in [2.75, 3.05) is 0 Å². The van der Waals surface area contributed by atoms with Crippen LogP contribution in [0, 0.1) is 28.6 Å². The van der Waals surface area contributed by atoms with Gasteiger partial charge in [-0.25, -0.2) is 4.79 Å². The van der Waals surface area contributed by atoms with Gasteiger partial charge < -0.3 is 25.6 Å². The first kappa shape index (κ1) is 30.6. The van der Waals surface area contributed by atoms with Crippen molar-refractivity contribution in [3.63, 3.8) is 0 Å². The van der Waals surface area contributed by atoms with E-state index in [1.165, 1.54) is 6.42 Å². The number of hydrogen-bond donors (Lipinski definition) is 4. The Balaban J connectivity index is 1.46. The summed E-state index contributed by atoms with van der Waals surface area (Å²) in [6.07, 6.45) is 2.39. The number of carbonyl (C=O) groups is 3. The van der Waals surface area contributed by atoms with Crippen LogP contribution in [0.2, 0.25) is 0 Å². The second-order valence-corrected chi connectivity index (χ2v) is 12.9. The van der Waals surface area contributed by atoms with Crippen LogP contribution in [0.3, 0.4) is 0 Å². The predicted octanol–water partition coefficient (Wildman–Crippen LogP) is 4.94. The molecule has 0 saturated heterocycles. The van der Waals surface area contributed by atoms with E-state index < -0.39 is 42.1 Å². The Morgan fingerprint density at radius 3 is 2.15 bits per heavy atom. The molecule has 4 rings (SSSR count). The van der Waals surface area contributed by atoms with Crippen LogP contribution in [0.15, 0.2) is 60.7 Å². The van der Waals surface area contributed by atoms with Gasteiger partial charge in [0.2, 0.25) is 5.91 Å². The number of benzene rings is 2. The number of nitrogens with one attached hydrogen (secondary N) is 2. The maximum Gasteiger partial charge on any atom is 0.408 e. The molecule has 222 valence electrons. The number of aliphatic hydroxyl groups is 1. The molecule has 0 radical (unpaired) electrons. The smallest absolute Gasteiger partial charge is 0.408 e. The highest BCUT2D eigenvalue weighted by atomic mass is 16.5. The van der Waals surface area contributed by atoms with Gasteiger partial charge in [-0.05, 0) is 72.8 Å². The Hall–Kier alpha value is -3.39. The molecule has 2 aliphatic carbocycles. The zero-order valence-corrected chi connectivity index (χ0v) is 24.5. The predicted molar refractivity (Wildman–Crippen MR) is 156 cm³/mol. The zero-order valence-electron chi connectivity index (χ0n) is 24.5. The van der Waals surface area contributed by atoms with Gasteiger partial charge in [0.25, 0.3) is 0 Å². The molecular formula is C33H44N2O6. The Kier molecular flexibility index (Phi) is 9.42. The average Bonchev–Trinajstić information content (AvgIpc) is 3.43. The van der Waals surface area contributed by atoms with Crippen LogP contribution in [0.1, 0.15) is 64.5 Å². The van der Waals surface area contributed by atoms with E-state index in [0.29, 0.717) is 18.3 Å². The number of carboxylic acids is 1. The number of aliphatic carboxylic acids is 1. The molecule has 2 saturated carbocycles. The Labute approximate surface area is 242 Å². The maximum absolute atomic E-state index is 13.6. The molecule has 0 spiro atoms. The summed E-state index contributed by atoms with van der Waals surface area (Å²) < 4.78 is 5.32. The molecule has 2 fully saturated rings. The highest BCUT2D eigenvalue weighted by Crippen LogP contribution is 2.67. The monoisotopic (exact) mass is 564 g/mol. The Morgan fingerprint density at radius 2 is 1.59 bits per heavy atom. The largest absolute Gasteiger partial charge is 0.481 e. The van der Waals surface area contributed by atoms with Gasteiger partial charge in [-0.3, -0.25) is 9.59 Å². The lowest BCUT2D eigenvalue weighted by Crippen LogP contribution is -2.56. The number of rotatable bonds is 12. The summed E-state index contributed by atoms with van der Waals surface area (Å²) in [6, 6.07) is 16.0. The number of ether oxygens (including phenoxy) is 1. The third-order valence-corrected chi connectivity index (χ3v) is 9.78. The summed E-state index contributed by atoms with van der Waals surface area (Å²) in [5.74, 6) is -2.19. The molecule has 0 aliphatic heterocycles. The third-order valence-electron chi connectivity index (χ3n) is 9.78. The number of fused-ring (bicyclic) bond motifs is 2. The fourth-order valence-electron chi connectivity index (χ4n) is 7.31. The van der Waals surface area contributed by atoms with Crippen molar-refractivity contribution >= 4 is 18.0 Å². The van der Waals surface area contributed by atoms with Gasteiger partial charge in [0, 0.05) is 0 Å². The van der Waals surface area contributed by atoms with Gasteiger partial charge in [-0.15, -0.1) is 0 Å². The van der Waals surface area contributed by atoms with Crippen LogP contribution < -0.4 is 10.6 Å². The van der Waals surface area contributed by atoms with Crippen molar-refractivity contribution in [1.29, 1.82) is 0 Å². The van der Waals surface area contributed by atoms with Crippen molar-refractivity contribution < 1.29 is 29.3 Å². The van der Waals surface area contributed by atoms with Crippen LogP contribution in [0.4, 0.5) is 4.79 Å². The SMILES string of the molecule is CC(NC(=O)[C@@H](NC(=O)OCc1ccccc1)C(Cc1ccccc1)C(=O)O)C(O)CC1C2(C)CCC(C2)C1(C)C. The molecule has 2 aromatic carbocycles. The van der Waals surface area contributed by atoms with Crippen molar-refractivity contribution in [1.82, 2.24) is 10.6 Å². The lowest BCUT2D eigenvalue weighted by molar-refractivity contribution is -0.145. The van der Waals surface area contributed by atoms with E-state index >= 15 is 0 Å². The molecule has 6 unspecified atom stereocenters. The molecule has 7 atom stereocenters. The molecular weight excluding hydrogens is 520 g/mol. The highest BCUT2D eigenvalue weighted by Gasteiger charge is 2.59. The number of carbonyl (C=O) groups excluding carboxylic acids is 2. The molecule has 0 aromatic heterocycles. The second-order valence-electron chi connectivity index (χ2n) is 12.9. The minimum Gasteiger partial charge on any atom is -0.481 e. The lowest BCUT2D eigenvalue weighted by atomic mass is 9.62. The Bertz CT molecular complexity index is 1200. The van der Waals surface area contributed by atoms with Gasteiger partial charge in [-0.1, -0.05) is 81.4 Å². The van der Waals surface area contributed by atoms with Crippen molar-refractivity contribution in [2.24, 2.45) is 28.6 Å². The normalized spacial score (nSPS) is 25.5. The molecule has 2 amide bonds. The first-order valence-corrected chi connectivity index (χ1v) is 14.6. The fraction of sp³-hybridized carbons (Fsp3) is 0.545. The van der Waals surface area contributed by atoms with E-state index in [1.54, 1.807) is 43.3 Å². The number of alkyl carbamates (subject to hydrolysis) is 1. The third kappa shape index (κ3) is 7.10. The summed E-state index contributed by atoms with van der Waals surface area (Å²) in [5, 5.41) is 26.7. The molecule has 0 heterocycles. The Morgan fingerprint density at radius 1 is 0.976 bits per heavy atom. The standard InChI is InChI=1S/C33H44N2O6/c1-21(26(36)18-27-32(2,3)24-15-16-33(27,4)19-24)34-29(37)28(25(30(38)39)17-22-11-7-5-8-12-22)35-31(40)41-20-23-13-9-6-10-14-23/h5-14,21,24-28,36H,15-20H2,1-4H3,(H,34,37)(H,35,40)(H,38,39)/t21?,24?,25?,26?,27?,28-,33?/m0/s1. The number of aliphatic hydroxyl groups excluding tert-OH is 1.